The number of hydrogen-bond acceptors (Lipinski definition) is 5. The fourth-order valence-corrected chi connectivity index (χ4v) is 6.95. The lowest BCUT2D eigenvalue weighted by atomic mass is 10.0. The zero-order valence-corrected chi connectivity index (χ0v) is 20.6. The summed E-state index contributed by atoms with van der Waals surface area (Å²) in [5.41, 5.74) is 3.73. The van der Waals surface area contributed by atoms with Crippen molar-refractivity contribution in [2.45, 2.75) is 40.0 Å². The molecule has 1 unspecified atom stereocenters. The second-order valence-corrected chi connectivity index (χ2v) is 10.9. The maximum absolute atomic E-state index is 12.4. The molecule has 0 radical (unpaired) electrons. The number of thioether (sulfide) groups is 1. The number of ether oxygens (including phenoxy) is 1. The van der Waals surface area contributed by atoms with Gasteiger partial charge in [0.2, 0.25) is 0 Å². The zero-order valence-electron chi connectivity index (χ0n) is 18.2. The molecule has 1 N–H and O–H groups in total. The summed E-state index contributed by atoms with van der Waals surface area (Å²) < 4.78 is 7.30. The van der Waals surface area contributed by atoms with Crippen LogP contribution < -0.4 is 0 Å². The van der Waals surface area contributed by atoms with Crippen molar-refractivity contribution in [3.8, 4) is 5.75 Å². The molecule has 1 atom stereocenters. The number of esters is 1. The number of aromatic hydroxyl groups is 1. The SMILES string of the molecule is COC(=O)c1ccccc1Sc1c2c3c(c(O)ccc3n1Cc1ccc(Cl)cc1)CC(C)S2. The number of methoxy groups -OCH3 is 1. The molecular weight excluding hydrogens is 474 g/mol. The molecule has 168 valence electrons. The van der Waals surface area contributed by atoms with Crippen LogP contribution in [0.4, 0.5) is 0 Å². The third kappa shape index (κ3) is 4.12. The van der Waals surface area contributed by atoms with Crippen molar-refractivity contribution in [3.63, 3.8) is 0 Å². The van der Waals surface area contributed by atoms with E-state index in [9.17, 15) is 9.90 Å². The van der Waals surface area contributed by atoms with Gasteiger partial charge in [0.1, 0.15) is 5.75 Å². The van der Waals surface area contributed by atoms with Crippen LogP contribution in [0.3, 0.4) is 0 Å². The maximum atomic E-state index is 12.4. The lowest BCUT2D eigenvalue weighted by molar-refractivity contribution is 0.0597. The topological polar surface area (TPSA) is 51.5 Å². The van der Waals surface area contributed by atoms with Gasteiger partial charge < -0.3 is 14.4 Å². The quantitative estimate of drug-likeness (QED) is 0.301. The third-order valence-electron chi connectivity index (χ3n) is 5.79. The molecule has 0 aliphatic carbocycles. The zero-order chi connectivity index (χ0) is 23.1. The van der Waals surface area contributed by atoms with Crippen LogP contribution >= 0.6 is 35.1 Å². The van der Waals surface area contributed by atoms with Gasteiger partial charge in [-0.15, -0.1) is 11.8 Å². The van der Waals surface area contributed by atoms with Crippen LogP contribution in [0.5, 0.6) is 5.75 Å². The summed E-state index contributed by atoms with van der Waals surface area (Å²) in [5, 5.41) is 13.8. The first-order chi connectivity index (χ1) is 16.0. The number of carbonyl (C=O) groups is 1. The standard InChI is InChI=1S/C26H22ClNO3S2/c1-15-13-19-21(29)12-11-20-23(19)24(32-15)25(28(20)14-16-7-9-17(27)10-8-16)33-22-6-4-3-5-18(22)26(30)31-2/h3-12,15,29H,13-14H2,1-2H3. The minimum Gasteiger partial charge on any atom is -0.508 e. The van der Waals surface area contributed by atoms with Crippen molar-refractivity contribution in [3.05, 3.63) is 82.4 Å². The molecule has 1 aliphatic rings. The first kappa shape index (κ1) is 22.3. The summed E-state index contributed by atoms with van der Waals surface area (Å²) in [4.78, 5) is 14.4. The Hall–Kier alpha value is -2.54. The molecule has 0 saturated heterocycles. The highest BCUT2D eigenvalue weighted by molar-refractivity contribution is 8.02. The van der Waals surface area contributed by atoms with Gasteiger partial charge in [0.15, 0.2) is 0 Å². The van der Waals surface area contributed by atoms with Gasteiger partial charge in [-0.1, -0.05) is 54.6 Å². The molecule has 0 spiro atoms. The van der Waals surface area contributed by atoms with E-state index in [1.165, 1.54) is 7.11 Å². The maximum Gasteiger partial charge on any atom is 0.339 e. The largest absolute Gasteiger partial charge is 0.508 e. The van der Waals surface area contributed by atoms with E-state index in [0.717, 1.165) is 43.3 Å². The van der Waals surface area contributed by atoms with Crippen LogP contribution in [0.2, 0.25) is 5.02 Å². The van der Waals surface area contributed by atoms with Gasteiger partial charge in [-0.2, -0.15) is 0 Å². The Morgan fingerprint density at radius 2 is 1.94 bits per heavy atom. The van der Waals surface area contributed by atoms with Gasteiger partial charge in [0.25, 0.3) is 0 Å². The number of halogens is 1. The smallest absolute Gasteiger partial charge is 0.339 e. The van der Waals surface area contributed by atoms with Crippen molar-refractivity contribution in [1.82, 2.24) is 4.57 Å². The molecule has 7 heteroatoms. The molecule has 1 aromatic heterocycles. The lowest BCUT2D eigenvalue weighted by Crippen LogP contribution is -2.07. The van der Waals surface area contributed by atoms with Crippen LogP contribution in [-0.4, -0.2) is 28.0 Å². The van der Waals surface area contributed by atoms with Crippen molar-refractivity contribution >= 4 is 52.0 Å². The summed E-state index contributed by atoms with van der Waals surface area (Å²) in [6.45, 7) is 2.83. The molecular formula is C26H22ClNO3S2. The van der Waals surface area contributed by atoms with Crippen LogP contribution in [0.25, 0.3) is 10.9 Å². The monoisotopic (exact) mass is 495 g/mol. The minimum absolute atomic E-state index is 0.329. The van der Waals surface area contributed by atoms with E-state index in [1.54, 1.807) is 23.9 Å². The molecule has 0 bridgehead atoms. The van der Waals surface area contributed by atoms with Gasteiger partial charge in [-0.05, 0) is 48.4 Å². The molecule has 5 rings (SSSR count). The first-order valence-corrected chi connectivity index (χ1v) is 12.7. The van der Waals surface area contributed by atoms with Gasteiger partial charge in [0, 0.05) is 37.6 Å². The molecule has 3 aromatic carbocycles. The predicted molar refractivity (Wildman–Crippen MR) is 135 cm³/mol. The predicted octanol–water partition coefficient (Wildman–Crippen LogP) is 7.02. The third-order valence-corrected chi connectivity index (χ3v) is 8.56. The number of rotatable bonds is 5. The van der Waals surface area contributed by atoms with Crippen molar-refractivity contribution in [1.29, 1.82) is 0 Å². The van der Waals surface area contributed by atoms with E-state index in [0.29, 0.717) is 28.1 Å². The Morgan fingerprint density at radius 3 is 2.70 bits per heavy atom. The van der Waals surface area contributed by atoms with Crippen LogP contribution in [0, 0.1) is 0 Å². The van der Waals surface area contributed by atoms with Gasteiger partial charge in [-0.25, -0.2) is 4.79 Å². The highest BCUT2D eigenvalue weighted by Crippen LogP contribution is 2.50. The summed E-state index contributed by atoms with van der Waals surface area (Å²) in [5.74, 6) is -0.0162. The Morgan fingerprint density at radius 1 is 1.18 bits per heavy atom. The molecule has 0 amide bonds. The van der Waals surface area contributed by atoms with Gasteiger partial charge in [0.05, 0.1) is 23.2 Å². The summed E-state index contributed by atoms with van der Waals surface area (Å²) in [6.07, 6.45) is 0.814. The Bertz CT molecular complexity index is 1360. The Balaban J connectivity index is 1.72. The van der Waals surface area contributed by atoms with Crippen LogP contribution in [0.15, 0.2) is 75.5 Å². The molecule has 0 fully saturated rings. The Labute approximate surface area is 205 Å². The van der Waals surface area contributed by atoms with Crippen molar-refractivity contribution < 1.29 is 14.6 Å². The minimum atomic E-state index is -0.355. The highest BCUT2D eigenvalue weighted by Gasteiger charge is 2.29. The van der Waals surface area contributed by atoms with Crippen molar-refractivity contribution in [2.75, 3.05) is 7.11 Å². The van der Waals surface area contributed by atoms with E-state index in [4.69, 9.17) is 16.3 Å². The number of carbonyl (C=O) groups excluding carboxylic acids is 1. The lowest BCUT2D eigenvalue weighted by Gasteiger charge is -2.20. The first-order valence-electron chi connectivity index (χ1n) is 10.6. The van der Waals surface area contributed by atoms with Crippen molar-refractivity contribution in [2.24, 2.45) is 0 Å². The molecule has 4 aromatic rings. The molecule has 2 heterocycles. The highest BCUT2D eigenvalue weighted by atomic mass is 35.5. The second-order valence-electron chi connectivity index (χ2n) is 8.03. The van der Waals surface area contributed by atoms with E-state index in [2.05, 4.69) is 11.5 Å². The van der Waals surface area contributed by atoms with E-state index in [-0.39, 0.29) is 5.97 Å². The fraction of sp³-hybridized carbons (Fsp3) is 0.192. The normalized spacial score (nSPS) is 15.1. The number of nitrogens with zero attached hydrogens (tertiary/aromatic N) is 1. The summed E-state index contributed by atoms with van der Waals surface area (Å²) in [6, 6.07) is 19.1. The van der Waals surface area contributed by atoms with Crippen LogP contribution in [0.1, 0.15) is 28.4 Å². The fourth-order valence-electron chi connectivity index (χ4n) is 4.26. The number of phenols is 1. The number of phenolic OH excluding ortho intramolecular Hbond substituents is 1. The number of hydrogen-bond donors (Lipinski definition) is 1. The molecule has 1 aliphatic heterocycles. The average molecular weight is 496 g/mol. The average Bonchev–Trinajstić information content (AvgIpc) is 3.10. The summed E-state index contributed by atoms with van der Waals surface area (Å²) >= 11 is 9.50. The van der Waals surface area contributed by atoms with Gasteiger partial charge >= 0.3 is 5.97 Å². The molecule has 4 nitrogen and oxygen atoms in total. The van der Waals surface area contributed by atoms with Crippen LogP contribution in [-0.2, 0) is 17.7 Å². The van der Waals surface area contributed by atoms with Gasteiger partial charge in [-0.3, -0.25) is 0 Å². The molecule has 33 heavy (non-hydrogen) atoms. The molecule has 0 saturated carbocycles. The van der Waals surface area contributed by atoms with E-state index >= 15 is 0 Å². The van der Waals surface area contributed by atoms with E-state index < -0.39 is 0 Å². The Kier molecular flexibility index (Phi) is 6.08. The summed E-state index contributed by atoms with van der Waals surface area (Å²) in [7, 11) is 1.40. The number of aromatic nitrogens is 1. The van der Waals surface area contributed by atoms with E-state index in [1.807, 2.05) is 60.3 Å². The number of benzene rings is 3. The second kappa shape index (κ2) is 9.01.